The lowest BCUT2D eigenvalue weighted by atomic mass is 10.3. The lowest BCUT2D eigenvalue weighted by molar-refractivity contribution is 0.0518. The summed E-state index contributed by atoms with van der Waals surface area (Å²) >= 11 is 5.87. The molecule has 2 aromatic rings. The van der Waals surface area contributed by atoms with Crippen LogP contribution >= 0.6 is 11.6 Å². The molecule has 2 aromatic heterocycles. The van der Waals surface area contributed by atoms with Gasteiger partial charge in [-0.1, -0.05) is 17.3 Å². The number of halogens is 1. The van der Waals surface area contributed by atoms with E-state index >= 15 is 0 Å². The van der Waals surface area contributed by atoms with Crippen LogP contribution in [0.5, 0.6) is 0 Å². The molecule has 0 atom stereocenters. The quantitative estimate of drug-likeness (QED) is 0.565. The highest BCUT2D eigenvalue weighted by molar-refractivity contribution is 6.17. The molecule has 0 saturated carbocycles. The highest BCUT2D eigenvalue weighted by Gasteiger charge is 2.21. The Hall–Kier alpha value is -1.96. The maximum atomic E-state index is 11.7. The molecule has 0 N–H and O–H groups in total. The fourth-order valence-corrected chi connectivity index (χ4v) is 2.02. The molecule has 0 saturated heterocycles. The van der Waals surface area contributed by atoms with Gasteiger partial charge >= 0.3 is 5.97 Å². The number of hydrogen-bond donors (Lipinski definition) is 0. The zero-order valence-electron chi connectivity index (χ0n) is 11.9. The third-order valence-corrected chi connectivity index (χ3v) is 2.95. The molecule has 21 heavy (non-hydrogen) atoms. The Morgan fingerprint density at radius 2 is 2.24 bits per heavy atom. The number of carbonyl (C=O) groups is 1. The van der Waals surface area contributed by atoms with E-state index in [4.69, 9.17) is 20.9 Å². The predicted molar refractivity (Wildman–Crippen MR) is 72.9 cm³/mol. The topological polar surface area (TPSA) is 95.9 Å². The van der Waals surface area contributed by atoms with Gasteiger partial charge in [0.2, 0.25) is 5.89 Å². The van der Waals surface area contributed by atoms with E-state index in [1.807, 2.05) is 6.92 Å². The zero-order valence-corrected chi connectivity index (χ0v) is 12.6. The monoisotopic (exact) mass is 313 g/mol. The number of alkyl halides is 1. The van der Waals surface area contributed by atoms with Crippen LogP contribution in [-0.4, -0.2) is 37.7 Å². The summed E-state index contributed by atoms with van der Waals surface area (Å²) in [4.78, 5) is 16.0. The summed E-state index contributed by atoms with van der Waals surface area (Å²) in [5.41, 5.74) is 0.584. The third kappa shape index (κ3) is 3.57. The fourth-order valence-electron chi connectivity index (χ4n) is 1.75. The number of carbonyl (C=O) groups excluding carboxylic acids is 1. The van der Waals surface area contributed by atoms with Gasteiger partial charge in [0.05, 0.1) is 18.2 Å². The summed E-state index contributed by atoms with van der Waals surface area (Å²) in [6, 6.07) is 0. The number of hydrogen-bond acceptors (Lipinski definition) is 7. The number of rotatable bonds is 7. The van der Waals surface area contributed by atoms with Crippen molar-refractivity contribution < 1.29 is 14.1 Å². The molecule has 0 bridgehead atoms. The van der Waals surface area contributed by atoms with Gasteiger partial charge in [0.1, 0.15) is 6.54 Å². The van der Waals surface area contributed by atoms with Gasteiger partial charge in [-0.25, -0.2) is 9.48 Å². The van der Waals surface area contributed by atoms with E-state index in [2.05, 4.69) is 20.5 Å². The molecule has 0 fully saturated rings. The van der Waals surface area contributed by atoms with E-state index in [0.717, 1.165) is 12.8 Å². The predicted octanol–water partition coefficient (Wildman–Crippen LogP) is 1.58. The average molecular weight is 314 g/mol. The van der Waals surface area contributed by atoms with Crippen LogP contribution in [0.2, 0.25) is 0 Å². The largest absolute Gasteiger partial charge is 0.461 e. The normalized spacial score (nSPS) is 10.8. The summed E-state index contributed by atoms with van der Waals surface area (Å²) in [6.45, 7) is 4.25. The smallest absolute Gasteiger partial charge is 0.360 e. The van der Waals surface area contributed by atoms with E-state index < -0.39 is 5.97 Å². The van der Waals surface area contributed by atoms with E-state index in [0.29, 0.717) is 17.4 Å². The molecular weight excluding hydrogens is 298 g/mol. The van der Waals surface area contributed by atoms with Crippen molar-refractivity contribution in [3.63, 3.8) is 0 Å². The fraction of sp³-hybridized carbons (Fsp3) is 0.583. The first kappa shape index (κ1) is 15.4. The second kappa shape index (κ2) is 7.16. The summed E-state index contributed by atoms with van der Waals surface area (Å²) < 4.78 is 11.5. The van der Waals surface area contributed by atoms with Crippen LogP contribution in [0.3, 0.4) is 0 Å². The minimum Gasteiger partial charge on any atom is -0.461 e. The number of nitrogens with zero attached hydrogens (tertiary/aromatic N) is 5. The van der Waals surface area contributed by atoms with Crippen LogP contribution in [0.15, 0.2) is 4.52 Å². The highest BCUT2D eigenvalue weighted by Crippen LogP contribution is 2.12. The zero-order chi connectivity index (χ0) is 15.2. The maximum Gasteiger partial charge on any atom is 0.360 e. The van der Waals surface area contributed by atoms with Crippen molar-refractivity contribution in [1.29, 1.82) is 0 Å². The minimum absolute atomic E-state index is 0.0841. The molecule has 0 aliphatic heterocycles. The molecule has 114 valence electrons. The van der Waals surface area contributed by atoms with E-state index in [1.54, 1.807) is 6.92 Å². The first-order valence-electron chi connectivity index (χ1n) is 6.66. The van der Waals surface area contributed by atoms with Gasteiger partial charge in [-0.3, -0.25) is 0 Å². The molecule has 8 nitrogen and oxygen atoms in total. The molecule has 0 aromatic carbocycles. The summed E-state index contributed by atoms with van der Waals surface area (Å²) in [5, 5.41) is 11.6. The highest BCUT2D eigenvalue weighted by atomic mass is 35.5. The van der Waals surface area contributed by atoms with Crippen molar-refractivity contribution in [2.45, 2.75) is 39.1 Å². The first-order valence-corrected chi connectivity index (χ1v) is 7.19. The van der Waals surface area contributed by atoms with Gasteiger partial charge in [0.25, 0.3) is 0 Å². The maximum absolute atomic E-state index is 11.7. The van der Waals surface area contributed by atoms with Crippen molar-refractivity contribution in [1.82, 2.24) is 25.1 Å². The Labute approximate surface area is 126 Å². The van der Waals surface area contributed by atoms with E-state index in [9.17, 15) is 4.79 Å². The molecule has 0 aliphatic carbocycles. The second-order valence-electron chi connectivity index (χ2n) is 4.25. The first-order chi connectivity index (χ1) is 10.2. The summed E-state index contributed by atoms with van der Waals surface area (Å²) in [5.74, 6) is 0.579. The minimum atomic E-state index is -0.542. The van der Waals surface area contributed by atoms with Crippen molar-refractivity contribution in [3.05, 3.63) is 23.1 Å². The Morgan fingerprint density at radius 1 is 1.43 bits per heavy atom. The van der Waals surface area contributed by atoms with Crippen LogP contribution in [-0.2, 0) is 23.6 Å². The number of aryl methyl sites for hydroxylation is 1. The molecule has 2 rings (SSSR count). The Balaban J connectivity index is 2.17. The SMILES string of the molecule is CCCc1nc(Cn2nnc(C(=O)OCC)c2CCl)no1. The van der Waals surface area contributed by atoms with Crippen LogP contribution < -0.4 is 0 Å². The summed E-state index contributed by atoms with van der Waals surface area (Å²) in [7, 11) is 0. The molecule has 2 heterocycles. The van der Waals surface area contributed by atoms with Crippen LogP contribution in [0.4, 0.5) is 0 Å². The van der Waals surface area contributed by atoms with Gasteiger partial charge in [-0.2, -0.15) is 4.98 Å². The van der Waals surface area contributed by atoms with Crippen molar-refractivity contribution >= 4 is 17.6 Å². The van der Waals surface area contributed by atoms with Gasteiger partial charge in [0, 0.05) is 6.42 Å². The number of esters is 1. The molecule has 0 unspecified atom stereocenters. The van der Waals surface area contributed by atoms with Crippen molar-refractivity contribution in [2.75, 3.05) is 6.61 Å². The average Bonchev–Trinajstić information content (AvgIpc) is 3.07. The van der Waals surface area contributed by atoms with Gasteiger partial charge in [-0.05, 0) is 13.3 Å². The molecule has 0 spiro atoms. The molecule has 0 aliphatic rings. The molecule has 9 heteroatoms. The van der Waals surface area contributed by atoms with Crippen LogP contribution in [0.1, 0.15) is 48.2 Å². The van der Waals surface area contributed by atoms with Gasteiger partial charge in [0.15, 0.2) is 11.5 Å². The van der Waals surface area contributed by atoms with Gasteiger partial charge < -0.3 is 9.26 Å². The Morgan fingerprint density at radius 3 is 2.90 bits per heavy atom. The lowest BCUT2D eigenvalue weighted by Crippen LogP contribution is -2.11. The van der Waals surface area contributed by atoms with E-state index in [-0.39, 0.29) is 24.7 Å². The standard InChI is InChI=1S/C12H16ClN5O3/c1-3-5-10-14-9(16-21-10)7-18-8(6-13)11(15-17-18)12(19)20-4-2/h3-7H2,1-2H3. The molecule has 0 amide bonds. The summed E-state index contributed by atoms with van der Waals surface area (Å²) in [6.07, 6.45) is 1.64. The Bertz CT molecular complexity index is 610. The van der Waals surface area contributed by atoms with Crippen LogP contribution in [0.25, 0.3) is 0 Å². The number of aromatic nitrogens is 5. The van der Waals surface area contributed by atoms with E-state index in [1.165, 1.54) is 4.68 Å². The van der Waals surface area contributed by atoms with Gasteiger partial charge in [-0.15, -0.1) is 16.7 Å². The third-order valence-electron chi connectivity index (χ3n) is 2.70. The second-order valence-corrected chi connectivity index (χ2v) is 4.52. The van der Waals surface area contributed by atoms with Crippen molar-refractivity contribution in [3.8, 4) is 0 Å². The Kier molecular flexibility index (Phi) is 5.26. The molecule has 0 radical (unpaired) electrons. The number of ether oxygens (including phenoxy) is 1. The van der Waals surface area contributed by atoms with Crippen LogP contribution in [0, 0.1) is 0 Å². The molecular formula is C12H16ClN5O3. The lowest BCUT2D eigenvalue weighted by Gasteiger charge is -2.02. The van der Waals surface area contributed by atoms with Crippen molar-refractivity contribution in [2.24, 2.45) is 0 Å².